The van der Waals surface area contributed by atoms with Crippen LogP contribution in [-0.4, -0.2) is 124 Å². The lowest BCUT2D eigenvalue weighted by atomic mass is 10.1. The zero-order valence-corrected chi connectivity index (χ0v) is 23.7. The number of carbonyl (C=O) groups excluding carboxylic acids is 1. The number of para-hydroxylation sites is 2. The van der Waals surface area contributed by atoms with Gasteiger partial charge in [-0.25, -0.2) is 9.97 Å². The maximum atomic E-state index is 13.7. The van der Waals surface area contributed by atoms with Gasteiger partial charge in [-0.2, -0.15) is 9.97 Å². The average Bonchev–Trinajstić information content (AvgIpc) is 3.54. The van der Waals surface area contributed by atoms with Gasteiger partial charge < -0.3 is 28.6 Å². The van der Waals surface area contributed by atoms with E-state index < -0.39 is 0 Å². The molecule has 1 atom stereocenters. The van der Waals surface area contributed by atoms with Gasteiger partial charge in [0.05, 0.1) is 37.5 Å². The summed E-state index contributed by atoms with van der Waals surface area (Å²) in [5.41, 5.74) is 2.92. The van der Waals surface area contributed by atoms with E-state index in [4.69, 9.17) is 34.1 Å². The molecule has 41 heavy (non-hydrogen) atoms. The van der Waals surface area contributed by atoms with Crippen LogP contribution in [0.15, 0.2) is 24.3 Å². The molecular formula is C28H35N9O4. The van der Waals surface area contributed by atoms with Crippen molar-refractivity contribution in [3.05, 3.63) is 35.9 Å². The van der Waals surface area contributed by atoms with E-state index in [1.165, 1.54) is 0 Å². The number of rotatable bonds is 6. The zero-order chi connectivity index (χ0) is 28.1. The minimum absolute atomic E-state index is 0.0914. The van der Waals surface area contributed by atoms with E-state index in [1.807, 2.05) is 47.7 Å². The molecule has 0 aliphatic carbocycles. The molecule has 0 radical (unpaired) electrons. The van der Waals surface area contributed by atoms with E-state index in [0.29, 0.717) is 80.0 Å². The molecular weight excluding hydrogens is 526 g/mol. The van der Waals surface area contributed by atoms with Gasteiger partial charge in [-0.3, -0.25) is 14.3 Å². The number of ether oxygens (including phenoxy) is 3. The quantitative estimate of drug-likeness (QED) is 0.342. The molecule has 0 spiro atoms. The van der Waals surface area contributed by atoms with Crippen molar-refractivity contribution in [1.29, 1.82) is 0 Å². The Bertz CT molecular complexity index is 1580. The van der Waals surface area contributed by atoms with Crippen LogP contribution in [0.5, 0.6) is 0 Å². The number of hydrogen-bond acceptors (Lipinski definition) is 10. The molecule has 7 rings (SSSR count). The predicted octanol–water partition coefficient (Wildman–Crippen LogP) is 1.40. The molecule has 3 aromatic heterocycles. The van der Waals surface area contributed by atoms with Gasteiger partial charge in [0.15, 0.2) is 17.0 Å². The van der Waals surface area contributed by atoms with Gasteiger partial charge in [0, 0.05) is 59.5 Å². The van der Waals surface area contributed by atoms with E-state index in [1.54, 1.807) is 11.7 Å². The summed E-state index contributed by atoms with van der Waals surface area (Å²) in [6.45, 7) is 9.18. The highest BCUT2D eigenvalue weighted by Crippen LogP contribution is 2.31. The summed E-state index contributed by atoms with van der Waals surface area (Å²) in [6.07, 6.45) is -0.289. The summed E-state index contributed by atoms with van der Waals surface area (Å²) in [7, 11) is 3.52. The molecule has 0 saturated carbocycles. The number of likely N-dealkylation sites (tertiary alicyclic amines) is 1. The molecule has 216 valence electrons. The first-order valence-electron chi connectivity index (χ1n) is 14.2. The number of anilines is 1. The highest BCUT2D eigenvalue weighted by Gasteiger charge is 2.38. The minimum atomic E-state index is -0.289. The highest BCUT2D eigenvalue weighted by atomic mass is 16.5. The number of nitrogens with zero attached hydrogens (tertiary/aromatic N) is 9. The van der Waals surface area contributed by atoms with E-state index in [9.17, 15) is 4.79 Å². The summed E-state index contributed by atoms with van der Waals surface area (Å²) >= 11 is 0. The number of benzene rings is 1. The normalized spacial score (nSPS) is 19.7. The number of fused-ring (bicyclic) bond motifs is 2. The number of methoxy groups -OCH3 is 1. The first-order chi connectivity index (χ1) is 20.0. The summed E-state index contributed by atoms with van der Waals surface area (Å²) in [4.78, 5) is 39.9. The van der Waals surface area contributed by atoms with Crippen LogP contribution in [0.2, 0.25) is 0 Å². The second-order valence-corrected chi connectivity index (χ2v) is 10.8. The van der Waals surface area contributed by atoms with Crippen LogP contribution in [0.4, 0.5) is 5.82 Å². The lowest BCUT2D eigenvalue weighted by Crippen LogP contribution is -2.63. The number of amides is 1. The molecule has 1 aromatic carbocycles. The van der Waals surface area contributed by atoms with Crippen molar-refractivity contribution in [3.8, 4) is 5.95 Å². The summed E-state index contributed by atoms with van der Waals surface area (Å²) in [5.74, 6) is 2.12. The Balaban J connectivity index is 1.31. The Labute approximate surface area is 237 Å². The predicted molar refractivity (Wildman–Crippen MR) is 151 cm³/mol. The molecule has 3 aliphatic heterocycles. The van der Waals surface area contributed by atoms with Crippen LogP contribution in [0.25, 0.3) is 28.1 Å². The maximum Gasteiger partial charge on any atom is 0.290 e. The molecule has 6 heterocycles. The topological polar surface area (TPSA) is 116 Å². The van der Waals surface area contributed by atoms with Crippen LogP contribution >= 0.6 is 0 Å². The van der Waals surface area contributed by atoms with Crippen LogP contribution in [0.3, 0.4) is 0 Å². The Morgan fingerprint density at radius 2 is 1.68 bits per heavy atom. The lowest BCUT2D eigenvalue weighted by molar-refractivity contribution is -0.0260. The SMILES string of the molecule is CO[C@H](C)c1nc2ccccc2n1-c1nc(N2CCOCC2)c2nc(C(=O)N3CC(N4CCOCC4)C3)n(C)c2n1. The minimum Gasteiger partial charge on any atom is -0.379 e. The molecule has 4 aromatic rings. The third-order valence-electron chi connectivity index (χ3n) is 8.41. The second-order valence-electron chi connectivity index (χ2n) is 10.8. The Morgan fingerprint density at radius 3 is 2.41 bits per heavy atom. The van der Waals surface area contributed by atoms with Gasteiger partial charge in [-0.05, 0) is 19.1 Å². The van der Waals surface area contributed by atoms with Gasteiger partial charge in [0.25, 0.3) is 5.91 Å². The van der Waals surface area contributed by atoms with Crippen molar-refractivity contribution in [1.82, 2.24) is 38.9 Å². The molecule has 13 nitrogen and oxygen atoms in total. The smallest absolute Gasteiger partial charge is 0.290 e. The van der Waals surface area contributed by atoms with Crippen molar-refractivity contribution < 1.29 is 19.0 Å². The van der Waals surface area contributed by atoms with E-state index in [2.05, 4.69) is 9.80 Å². The van der Waals surface area contributed by atoms with Gasteiger partial charge in [-0.15, -0.1) is 0 Å². The van der Waals surface area contributed by atoms with Crippen LogP contribution in [0.1, 0.15) is 29.5 Å². The molecule has 3 aliphatic rings. The number of hydrogen-bond donors (Lipinski definition) is 0. The molecule has 13 heteroatoms. The molecule has 0 unspecified atom stereocenters. The third-order valence-corrected chi connectivity index (χ3v) is 8.41. The largest absolute Gasteiger partial charge is 0.379 e. The van der Waals surface area contributed by atoms with Crippen LogP contribution in [0, 0.1) is 0 Å². The molecule has 1 amide bonds. The fraction of sp³-hybridized carbons (Fsp3) is 0.536. The van der Waals surface area contributed by atoms with Crippen molar-refractivity contribution in [3.63, 3.8) is 0 Å². The zero-order valence-electron chi connectivity index (χ0n) is 23.7. The average molecular weight is 562 g/mol. The molecule has 0 bridgehead atoms. The molecule has 0 N–H and O–H groups in total. The van der Waals surface area contributed by atoms with Crippen molar-refractivity contribution in [2.24, 2.45) is 7.05 Å². The van der Waals surface area contributed by atoms with Crippen LogP contribution in [-0.2, 0) is 21.3 Å². The number of aryl methyl sites for hydroxylation is 1. The van der Waals surface area contributed by atoms with Crippen LogP contribution < -0.4 is 4.90 Å². The van der Waals surface area contributed by atoms with Crippen molar-refractivity contribution >= 4 is 33.9 Å². The second kappa shape index (κ2) is 10.6. The fourth-order valence-corrected chi connectivity index (χ4v) is 5.89. The van der Waals surface area contributed by atoms with Gasteiger partial charge in [-0.1, -0.05) is 12.1 Å². The maximum absolute atomic E-state index is 13.7. The monoisotopic (exact) mass is 561 g/mol. The van der Waals surface area contributed by atoms with Gasteiger partial charge >= 0.3 is 0 Å². The fourth-order valence-electron chi connectivity index (χ4n) is 5.89. The molecule has 3 saturated heterocycles. The van der Waals surface area contributed by atoms with Crippen molar-refractivity contribution in [2.45, 2.75) is 19.1 Å². The van der Waals surface area contributed by atoms with E-state index in [0.717, 1.165) is 37.3 Å². The van der Waals surface area contributed by atoms with Gasteiger partial charge in [0.2, 0.25) is 11.8 Å². The third kappa shape index (κ3) is 4.53. The lowest BCUT2D eigenvalue weighted by Gasteiger charge is -2.46. The molecule has 3 fully saturated rings. The first kappa shape index (κ1) is 26.3. The number of carbonyl (C=O) groups is 1. The van der Waals surface area contributed by atoms with E-state index in [-0.39, 0.29) is 12.0 Å². The number of imidazole rings is 2. The first-order valence-corrected chi connectivity index (χ1v) is 14.2. The number of aromatic nitrogens is 6. The highest BCUT2D eigenvalue weighted by molar-refractivity contribution is 5.97. The Morgan fingerprint density at radius 1 is 0.976 bits per heavy atom. The standard InChI is InChI=1S/C28H35N9O4/c1-18(39-3)23-29-20-6-4-5-7-21(20)37(23)28-31-24-22(25(32-28)35-10-14-41-15-11-35)30-26(33(24)2)27(38)36-16-19(17-36)34-8-12-40-13-9-34/h4-7,18-19H,8-17H2,1-3H3/t18-/m1/s1. The summed E-state index contributed by atoms with van der Waals surface area (Å²) in [5, 5.41) is 0. The van der Waals surface area contributed by atoms with Crippen molar-refractivity contribution in [2.75, 3.05) is 77.7 Å². The summed E-state index contributed by atoms with van der Waals surface area (Å²) < 4.78 is 20.5. The van der Waals surface area contributed by atoms with Gasteiger partial charge in [0.1, 0.15) is 11.9 Å². The Hall–Kier alpha value is -3.65. The Kier molecular flexibility index (Phi) is 6.81. The van der Waals surface area contributed by atoms with E-state index >= 15 is 0 Å². The summed E-state index contributed by atoms with van der Waals surface area (Å²) in [6, 6.07) is 8.27. The number of morpholine rings is 2.